The lowest BCUT2D eigenvalue weighted by molar-refractivity contribution is 1.09. The molecule has 0 aliphatic rings. The minimum Gasteiger partial charge on any atom is -0.304 e. The van der Waals surface area contributed by atoms with E-state index < -0.39 is 11.2 Å². The van der Waals surface area contributed by atoms with Gasteiger partial charge in [0.1, 0.15) is 15.0 Å². The topological polar surface area (TPSA) is 91.5 Å². The maximum atomic E-state index is 11.8. The molecule has 0 amide bonds. The van der Waals surface area contributed by atoms with Crippen LogP contribution in [-0.4, -0.2) is 19.9 Å². The summed E-state index contributed by atoms with van der Waals surface area (Å²) in [6, 6.07) is 9.66. The van der Waals surface area contributed by atoms with Crippen LogP contribution in [0.3, 0.4) is 0 Å². The zero-order valence-corrected chi connectivity index (χ0v) is 11.4. The first kappa shape index (κ1) is 12.0. The third-order valence-electron chi connectivity index (χ3n) is 3.14. The number of benzene rings is 1. The molecule has 4 aromatic rings. The second-order valence-electron chi connectivity index (χ2n) is 4.49. The molecule has 0 radical (unpaired) electrons. The summed E-state index contributed by atoms with van der Waals surface area (Å²) in [6.07, 6.45) is 1.64. The zero-order valence-electron chi connectivity index (χ0n) is 10.6. The van der Waals surface area contributed by atoms with E-state index in [1.54, 1.807) is 6.20 Å². The molecule has 102 valence electrons. The van der Waals surface area contributed by atoms with Crippen molar-refractivity contribution in [3.05, 3.63) is 57.4 Å². The Morgan fingerprint density at radius 1 is 1.05 bits per heavy atom. The predicted molar refractivity (Wildman–Crippen MR) is 81.6 cm³/mol. The summed E-state index contributed by atoms with van der Waals surface area (Å²) in [5.74, 6) is 0. The highest BCUT2D eigenvalue weighted by Crippen LogP contribution is 2.28. The molecule has 0 fully saturated rings. The maximum Gasteiger partial charge on any atom is 0.326 e. The Balaban J connectivity index is 2.06. The van der Waals surface area contributed by atoms with Gasteiger partial charge in [-0.25, -0.2) is 14.8 Å². The van der Waals surface area contributed by atoms with E-state index in [0.717, 1.165) is 11.3 Å². The fourth-order valence-electron chi connectivity index (χ4n) is 2.20. The second-order valence-corrected chi connectivity index (χ2v) is 5.49. The van der Waals surface area contributed by atoms with Gasteiger partial charge in [0.2, 0.25) is 0 Å². The lowest BCUT2D eigenvalue weighted by Gasteiger charge is -1.99. The summed E-state index contributed by atoms with van der Waals surface area (Å²) < 4.78 is 0.426. The number of hydrogen-bond donors (Lipinski definition) is 2. The predicted octanol–water partition coefficient (Wildman–Crippen LogP) is 1.89. The van der Waals surface area contributed by atoms with Gasteiger partial charge in [0.25, 0.3) is 5.56 Å². The molecule has 7 heteroatoms. The molecular formula is C14H8N4O2S. The molecule has 0 aliphatic heterocycles. The number of rotatable bonds is 1. The average molecular weight is 296 g/mol. The fourth-order valence-corrected chi connectivity index (χ4v) is 3.18. The van der Waals surface area contributed by atoms with E-state index in [0.29, 0.717) is 20.6 Å². The summed E-state index contributed by atoms with van der Waals surface area (Å²) in [5.41, 5.74) is 1.70. The normalized spacial score (nSPS) is 11.2. The van der Waals surface area contributed by atoms with Crippen molar-refractivity contribution in [2.24, 2.45) is 0 Å². The highest BCUT2D eigenvalue weighted by Gasteiger charge is 2.12. The first-order chi connectivity index (χ1) is 10.2. The van der Waals surface area contributed by atoms with Gasteiger partial charge in [0.05, 0.1) is 17.4 Å². The summed E-state index contributed by atoms with van der Waals surface area (Å²) in [6.45, 7) is 0. The third kappa shape index (κ3) is 1.86. The molecule has 0 unspecified atom stereocenters. The average Bonchev–Trinajstić information content (AvgIpc) is 2.86. The molecule has 3 heterocycles. The fraction of sp³-hybridized carbons (Fsp3) is 0. The van der Waals surface area contributed by atoms with Crippen LogP contribution in [0.5, 0.6) is 0 Å². The molecule has 1 aromatic carbocycles. The Labute approximate surface area is 121 Å². The minimum absolute atomic E-state index is 0.417. The number of aromatic nitrogens is 4. The number of thiophene rings is 1. The van der Waals surface area contributed by atoms with Gasteiger partial charge >= 0.3 is 5.69 Å². The van der Waals surface area contributed by atoms with Crippen LogP contribution in [0.4, 0.5) is 0 Å². The number of nitrogens with one attached hydrogen (secondary N) is 2. The molecule has 0 spiro atoms. The molecule has 21 heavy (non-hydrogen) atoms. The van der Waals surface area contributed by atoms with Crippen LogP contribution < -0.4 is 11.2 Å². The van der Waals surface area contributed by atoms with E-state index >= 15 is 0 Å². The van der Waals surface area contributed by atoms with Crippen LogP contribution in [0.2, 0.25) is 0 Å². The van der Waals surface area contributed by atoms with Gasteiger partial charge in [0.15, 0.2) is 0 Å². The van der Waals surface area contributed by atoms with Crippen LogP contribution in [-0.2, 0) is 0 Å². The van der Waals surface area contributed by atoms with E-state index in [1.165, 1.54) is 11.3 Å². The Bertz CT molecular complexity index is 1080. The minimum atomic E-state index is -0.541. The first-order valence-corrected chi connectivity index (χ1v) is 7.01. The standard InChI is InChI=1S/C14H8N4O2S/c19-12-11-9(17-14(20)18-12)10-13(21-11)16-8(6-15-10)7-4-2-1-3-5-7/h1-6H,(H2,17,18,19,20). The Morgan fingerprint density at radius 2 is 1.86 bits per heavy atom. The first-order valence-electron chi connectivity index (χ1n) is 6.19. The third-order valence-corrected chi connectivity index (χ3v) is 4.22. The maximum absolute atomic E-state index is 11.8. The van der Waals surface area contributed by atoms with E-state index in [2.05, 4.69) is 19.9 Å². The smallest absolute Gasteiger partial charge is 0.304 e. The van der Waals surface area contributed by atoms with Crippen molar-refractivity contribution in [1.82, 2.24) is 19.9 Å². The van der Waals surface area contributed by atoms with Crippen LogP contribution >= 0.6 is 11.3 Å². The molecular weight excluding hydrogens is 288 g/mol. The van der Waals surface area contributed by atoms with Gasteiger partial charge in [0, 0.05) is 5.56 Å². The highest BCUT2D eigenvalue weighted by molar-refractivity contribution is 7.25. The van der Waals surface area contributed by atoms with Gasteiger partial charge in [-0.15, -0.1) is 11.3 Å². The van der Waals surface area contributed by atoms with Gasteiger partial charge in [-0.05, 0) is 0 Å². The Morgan fingerprint density at radius 3 is 2.67 bits per heavy atom. The van der Waals surface area contributed by atoms with Crippen molar-refractivity contribution >= 4 is 31.9 Å². The molecule has 0 saturated carbocycles. The summed E-state index contributed by atoms with van der Waals surface area (Å²) >= 11 is 1.22. The number of aromatic amines is 2. The number of hydrogen-bond acceptors (Lipinski definition) is 5. The molecule has 3 aromatic heterocycles. The Hall–Kier alpha value is -2.80. The van der Waals surface area contributed by atoms with Crippen molar-refractivity contribution in [1.29, 1.82) is 0 Å². The monoisotopic (exact) mass is 296 g/mol. The van der Waals surface area contributed by atoms with E-state index in [1.807, 2.05) is 30.3 Å². The molecule has 0 saturated heterocycles. The van der Waals surface area contributed by atoms with E-state index in [9.17, 15) is 9.59 Å². The molecule has 2 N–H and O–H groups in total. The van der Waals surface area contributed by atoms with Gasteiger partial charge in [-0.3, -0.25) is 9.78 Å². The summed E-state index contributed by atoms with van der Waals surface area (Å²) in [4.78, 5) is 37.5. The second kappa shape index (κ2) is 4.35. The number of fused-ring (bicyclic) bond motifs is 3. The molecule has 0 bridgehead atoms. The van der Waals surface area contributed by atoms with Crippen molar-refractivity contribution in [3.8, 4) is 11.3 Å². The molecule has 6 nitrogen and oxygen atoms in total. The largest absolute Gasteiger partial charge is 0.326 e. The van der Waals surface area contributed by atoms with Gasteiger partial charge < -0.3 is 4.98 Å². The van der Waals surface area contributed by atoms with Crippen LogP contribution in [0.25, 0.3) is 31.8 Å². The van der Waals surface area contributed by atoms with Crippen molar-refractivity contribution < 1.29 is 0 Å². The SMILES string of the molecule is O=c1[nH]c(=O)c2sc3nc(-c4ccccc4)cnc3c2[nH]1. The summed E-state index contributed by atoms with van der Waals surface area (Å²) in [5, 5.41) is 0. The van der Waals surface area contributed by atoms with Gasteiger partial charge in [-0.2, -0.15) is 0 Å². The van der Waals surface area contributed by atoms with E-state index in [-0.39, 0.29) is 0 Å². The number of H-pyrrole nitrogens is 2. The highest BCUT2D eigenvalue weighted by atomic mass is 32.1. The van der Waals surface area contributed by atoms with Crippen LogP contribution in [0, 0.1) is 0 Å². The molecule has 0 aliphatic carbocycles. The van der Waals surface area contributed by atoms with Crippen LogP contribution in [0.15, 0.2) is 46.1 Å². The summed E-state index contributed by atoms with van der Waals surface area (Å²) in [7, 11) is 0. The quantitative estimate of drug-likeness (QED) is 0.561. The molecule has 4 rings (SSSR count). The van der Waals surface area contributed by atoms with Crippen molar-refractivity contribution in [2.45, 2.75) is 0 Å². The van der Waals surface area contributed by atoms with Gasteiger partial charge in [-0.1, -0.05) is 30.3 Å². The number of nitrogens with zero attached hydrogens (tertiary/aromatic N) is 2. The lowest BCUT2D eigenvalue weighted by atomic mass is 10.2. The molecule has 0 atom stereocenters. The van der Waals surface area contributed by atoms with Crippen molar-refractivity contribution in [3.63, 3.8) is 0 Å². The van der Waals surface area contributed by atoms with E-state index in [4.69, 9.17) is 0 Å². The zero-order chi connectivity index (χ0) is 14.4. The Kier molecular flexibility index (Phi) is 2.48. The van der Waals surface area contributed by atoms with Crippen molar-refractivity contribution in [2.75, 3.05) is 0 Å². The lowest BCUT2D eigenvalue weighted by Crippen LogP contribution is -2.20. The van der Waals surface area contributed by atoms with Crippen LogP contribution in [0.1, 0.15) is 0 Å².